The molecule has 0 saturated carbocycles. The zero-order valence-electron chi connectivity index (χ0n) is 11.6. The Morgan fingerprint density at radius 3 is 2.37 bits per heavy atom. The van der Waals surface area contributed by atoms with E-state index in [2.05, 4.69) is 16.8 Å². The van der Waals surface area contributed by atoms with Crippen LogP contribution in [0.4, 0.5) is 0 Å². The van der Waals surface area contributed by atoms with Crippen molar-refractivity contribution in [1.82, 2.24) is 9.80 Å². The van der Waals surface area contributed by atoms with Crippen LogP contribution >= 0.6 is 0 Å². The van der Waals surface area contributed by atoms with Gasteiger partial charge in [0.05, 0.1) is 0 Å². The van der Waals surface area contributed by atoms with Crippen LogP contribution in [0.25, 0.3) is 0 Å². The molecule has 0 aliphatic carbocycles. The summed E-state index contributed by atoms with van der Waals surface area (Å²) in [5.41, 5.74) is 1.75. The number of hydrogen-bond acceptors (Lipinski definition) is 4. The molecule has 0 bridgehead atoms. The summed E-state index contributed by atoms with van der Waals surface area (Å²) in [6.45, 7) is 5.61. The Labute approximate surface area is 115 Å². The molecule has 0 radical (unpaired) electrons. The summed E-state index contributed by atoms with van der Waals surface area (Å²) in [5.74, 6) is 0. The van der Waals surface area contributed by atoms with Crippen LogP contribution < -0.4 is 5.46 Å². The van der Waals surface area contributed by atoms with Gasteiger partial charge in [0.2, 0.25) is 0 Å². The number of benzene rings is 1. The summed E-state index contributed by atoms with van der Waals surface area (Å²) < 4.78 is 0. The standard InChI is InChI=1S/C14H23BN2O2/c1-16(10-11-17-8-2-3-9-17)12-13-4-6-14(7-5-13)15(18)19/h4-7,18-19H,2-3,8-12H2,1H3. The Morgan fingerprint density at radius 2 is 1.79 bits per heavy atom. The highest BCUT2D eigenvalue weighted by Gasteiger charge is 2.12. The van der Waals surface area contributed by atoms with Gasteiger partial charge in [-0.1, -0.05) is 24.3 Å². The van der Waals surface area contributed by atoms with E-state index in [1.54, 1.807) is 12.1 Å². The number of likely N-dealkylation sites (tertiary alicyclic amines) is 1. The Hall–Kier alpha value is -0.875. The predicted molar refractivity (Wildman–Crippen MR) is 78.3 cm³/mol. The van der Waals surface area contributed by atoms with Crippen LogP contribution in [0, 0.1) is 0 Å². The summed E-state index contributed by atoms with van der Waals surface area (Å²) in [5, 5.41) is 18.1. The van der Waals surface area contributed by atoms with Crippen molar-refractivity contribution in [3.63, 3.8) is 0 Å². The summed E-state index contributed by atoms with van der Waals surface area (Å²) in [6.07, 6.45) is 2.68. The minimum atomic E-state index is -1.37. The van der Waals surface area contributed by atoms with Crippen LogP contribution in [-0.4, -0.2) is 60.2 Å². The third-order valence-electron chi connectivity index (χ3n) is 3.73. The highest BCUT2D eigenvalue weighted by atomic mass is 16.4. The van der Waals surface area contributed by atoms with Gasteiger partial charge in [-0.2, -0.15) is 0 Å². The van der Waals surface area contributed by atoms with E-state index in [4.69, 9.17) is 10.0 Å². The van der Waals surface area contributed by atoms with Gasteiger partial charge in [0.25, 0.3) is 0 Å². The lowest BCUT2D eigenvalue weighted by molar-refractivity contribution is 0.252. The Morgan fingerprint density at radius 1 is 1.16 bits per heavy atom. The summed E-state index contributed by atoms with van der Waals surface area (Å²) >= 11 is 0. The van der Waals surface area contributed by atoms with Gasteiger partial charge in [-0.15, -0.1) is 0 Å². The molecule has 0 aromatic heterocycles. The van der Waals surface area contributed by atoms with Crippen LogP contribution in [0.15, 0.2) is 24.3 Å². The van der Waals surface area contributed by atoms with Gasteiger partial charge in [0, 0.05) is 19.6 Å². The smallest absolute Gasteiger partial charge is 0.423 e. The van der Waals surface area contributed by atoms with Gasteiger partial charge >= 0.3 is 7.12 Å². The van der Waals surface area contributed by atoms with Crippen molar-refractivity contribution >= 4 is 12.6 Å². The fourth-order valence-electron chi connectivity index (χ4n) is 2.50. The molecular formula is C14H23BN2O2. The quantitative estimate of drug-likeness (QED) is 0.702. The van der Waals surface area contributed by atoms with Crippen LogP contribution in [-0.2, 0) is 6.54 Å². The molecule has 4 nitrogen and oxygen atoms in total. The molecule has 1 saturated heterocycles. The molecule has 1 aliphatic rings. The maximum Gasteiger partial charge on any atom is 0.488 e. The normalized spacial score (nSPS) is 16.2. The Balaban J connectivity index is 1.76. The fraction of sp³-hybridized carbons (Fsp3) is 0.571. The Kier molecular flexibility index (Phi) is 5.40. The van der Waals surface area contributed by atoms with E-state index in [1.165, 1.54) is 31.5 Å². The number of nitrogens with zero attached hydrogens (tertiary/aromatic N) is 2. The molecule has 1 heterocycles. The fourth-order valence-corrected chi connectivity index (χ4v) is 2.50. The molecule has 5 heteroatoms. The van der Waals surface area contributed by atoms with Crippen LogP contribution in [0.2, 0.25) is 0 Å². The molecule has 2 N–H and O–H groups in total. The van der Waals surface area contributed by atoms with Gasteiger partial charge in [0.15, 0.2) is 0 Å². The largest absolute Gasteiger partial charge is 0.488 e. The average molecular weight is 262 g/mol. The number of hydrogen-bond donors (Lipinski definition) is 2. The molecule has 2 rings (SSSR count). The van der Waals surface area contributed by atoms with E-state index in [1.807, 2.05) is 12.1 Å². The topological polar surface area (TPSA) is 46.9 Å². The third kappa shape index (κ3) is 4.62. The first-order valence-corrected chi connectivity index (χ1v) is 7.01. The van der Waals surface area contributed by atoms with Crippen LogP contribution in [0.5, 0.6) is 0 Å². The lowest BCUT2D eigenvalue weighted by Crippen LogP contribution is -2.31. The Bertz CT molecular complexity index is 378. The van der Waals surface area contributed by atoms with Gasteiger partial charge in [-0.3, -0.25) is 0 Å². The van der Waals surface area contributed by atoms with E-state index in [0.717, 1.165) is 19.6 Å². The first kappa shape index (κ1) is 14.5. The first-order chi connectivity index (χ1) is 9.15. The molecule has 1 fully saturated rings. The van der Waals surface area contributed by atoms with Gasteiger partial charge in [-0.25, -0.2) is 0 Å². The maximum absolute atomic E-state index is 9.04. The van der Waals surface area contributed by atoms with Crippen molar-refractivity contribution in [2.45, 2.75) is 19.4 Å². The monoisotopic (exact) mass is 262 g/mol. The molecule has 19 heavy (non-hydrogen) atoms. The molecule has 0 amide bonds. The average Bonchev–Trinajstić information content (AvgIpc) is 2.90. The van der Waals surface area contributed by atoms with Crippen molar-refractivity contribution in [1.29, 1.82) is 0 Å². The highest BCUT2D eigenvalue weighted by molar-refractivity contribution is 6.58. The van der Waals surface area contributed by atoms with Crippen molar-refractivity contribution < 1.29 is 10.0 Å². The van der Waals surface area contributed by atoms with E-state index in [-0.39, 0.29) is 0 Å². The minimum absolute atomic E-state index is 0.545. The molecular weight excluding hydrogens is 239 g/mol. The van der Waals surface area contributed by atoms with E-state index < -0.39 is 7.12 Å². The number of rotatable bonds is 6. The molecule has 1 aromatic carbocycles. The number of likely N-dealkylation sites (N-methyl/N-ethyl adjacent to an activating group) is 1. The van der Waals surface area contributed by atoms with E-state index >= 15 is 0 Å². The molecule has 104 valence electrons. The molecule has 1 aliphatic heterocycles. The van der Waals surface area contributed by atoms with Crippen LogP contribution in [0.1, 0.15) is 18.4 Å². The molecule has 0 unspecified atom stereocenters. The summed E-state index contributed by atoms with van der Waals surface area (Å²) in [4.78, 5) is 4.82. The van der Waals surface area contributed by atoms with Gasteiger partial charge < -0.3 is 19.8 Å². The molecule has 1 aromatic rings. The zero-order valence-corrected chi connectivity index (χ0v) is 11.6. The minimum Gasteiger partial charge on any atom is -0.423 e. The van der Waals surface area contributed by atoms with Crippen molar-refractivity contribution in [2.24, 2.45) is 0 Å². The highest BCUT2D eigenvalue weighted by Crippen LogP contribution is 2.07. The maximum atomic E-state index is 9.04. The first-order valence-electron chi connectivity index (χ1n) is 7.01. The van der Waals surface area contributed by atoms with Gasteiger partial charge in [0.1, 0.15) is 0 Å². The summed E-state index contributed by atoms with van der Waals surface area (Å²) in [6, 6.07) is 7.46. The van der Waals surface area contributed by atoms with Gasteiger partial charge in [-0.05, 0) is 44.0 Å². The van der Waals surface area contributed by atoms with E-state index in [0.29, 0.717) is 5.46 Å². The molecule has 0 spiro atoms. The SMILES string of the molecule is CN(CCN1CCCC1)Cc1ccc(B(O)O)cc1. The summed E-state index contributed by atoms with van der Waals surface area (Å²) in [7, 11) is 0.757. The predicted octanol–water partition coefficient (Wildman–Crippen LogP) is -0.106. The van der Waals surface area contributed by atoms with Crippen molar-refractivity contribution in [2.75, 3.05) is 33.2 Å². The van der Waals surface area contributed by atoms with Crippen LogP contribution in [0.3, 0.4) is 0 Å². The van der Waals surface area contributed by atoms with Crippen molar-refractivity contribution in [3.8, 4) is 0 Å². The lowest BCUT2D eigenvalue weighted by Gasteiger charge is -2.21. The second-order valence-electron chi connectivity index (χ2n) is 5.40. The second-order valence-corrected chi connectivity index (χ2v) is 5.40. The van der Waals surface area contributed by atoms with Crippen molar-refractivity contribution in [3.05, 3.63) is 29.8 Å². The lowest BCUT2D eigenvalue weighted by atomic mass is 9.80. The van der Waals surface area contributed by atoms with E-state index in [9.17, 15) is 0 Å². The second kappa shape index (κ2) is 7.05. The third-order valence-corrected chi connectivity index (χ3v) is 3.73. The zero-order chi connectivity index (χ0) is 13.7. The molecule has 0 atom stereocenters.